The van der Waals surface area contributed by atoms with Crippen LogP contribution >= 0.6 is 0 Å². The van der Waals surface area contributed by atoms with Crippen molar-refractivity contribution >= 4 is 11.9 Å². The van der Waals surface area contributed by atoms with Crippen LogP contribution in [-0.4, -0.2) is 67.8 Å². The van der Waals surface area contributed by atoms with Crippen molar-refractivity contribution in [1.82, 2.24) is 20.2 Å². The monoisotopic (exact) mass is 374 g/mol. The van der Waals surface area contributed by atoms with Gasteiger partial charge in [-0.1, -0.05) is 0 Å². The highest BCUT2D eigenvalue weighted by Gasteiger charge is 2.32. The molecule has 0 aliphatic heterocycles. The Bertz CT molecular complexity index is 592. The lowest BCUT2D eigenvalue weighted by atomic mass is 10.4. The van der Waals surface area contributed by atoms with Crippen LogP contribution in [0.1, 0.15) is 18.5 Å². The van der Waals surface area contributed by atoms with Crippen molar-refractivity contribution in [3.05, 3.63) is 18.0 Å². The third kappa shape index (κ3) is 7.03. The lowest BCUT2D eigenvalue weighted by Crippen LogP contribution is -2.42. The molecule has 0 unspecified atom stereocenters. The molecular formula is C16H25F3N6O. The standard InChI is InChI=1S/C16H25F3N6O/c1-20-15(25(2)9-10-26-11-12-3-4-12)23-8-7-22-14-21-6-5-13(24-14)16(17,18)19/h5-6,12H,3-4,7-11H2,1-2H3,(H,20,23)(H,21,22,24). The number of hydrogen-bond donors (Lipinski definition) is 2. The van der Waals surface area contributed by atoms with Crippen molar-refractivity contribution in [1.29, 1.82) is 0 Å². The van der Waals surface area contributed by atoms with E-state index in [2.05, 4.69) is 25.6 Å². The van der Waals surface area contributed by atoms with Crippen molar-refractivity contribution in [2.24, 2.45) is 10.9 Å². The predicted molar refractivity (Wildman–Crippen MR) is 93.1 cm³/mol. The molecule has 0 saturated heterocycles. The summed E-state index contributed by atoms with van der Waals surface area (Å²) in [5, 5.41) is 5.89. The van der Waals surface area contributed by atoms with Crippen LogP contribution in [0, 0.1) is 5.92 Å². The van der Waals surface area contributed by atoms with Gasteiger partial charge in [0.15, 0.2) is 5.96 Å². The number of ether oxygens (including phenoxy) is 1. The molecular weight excluding hydrogens is 349 g/mol. The van der Waals surface area contributed by atoms with E-state index in [-0.39, 0.29) is 5.95 Å². The van der Waals surface area contributed by atoms with E-state index in [4.69, 9.17) is 4.74 Å². The summed E-state index contributed by atoms with van der Waals surface area (Å²) in [6, 6.07) is 0.839. The van der Waals surface area contributed by atoms with Crippen LogP contribution in [-0.2, 0) is 10.9 Å². The quantitative estimate of drug-likeness (QED) is 0.390. The summed E-state index contributed by atoms with van der Waals surface area (Å²) >= 11 is 0. The average molecular weight is 374 g/mol. The smallest absolute Gasteiger partial charge is 0.379 e. The largest absolute Gasteiger partial charge is 0.433 e. The summed E-state index contributed by atoms with van der Waals surface area (Å²) in [6.45, 7) is 2.97. The van der Waals surface area contributed by atoms with Gasteiger partial charge in [0.2, 0.25) is 5.95 Å². The Labute approximate surface area is 151 Å². The molecule has 0 aromatic carbocycles. The van der Waals surface area contributed by atoms with Gasteiger partial charge in [0.25, 0.3) is 0 Å². The second-order valence-corrected chi connectivity index (χ2v) is 6.10. The summed E-state index contributed by atoms with van der Waals surface area (Å²) in [6.07, 6.45) is -0.868. The number of nitrogens with one attached hydrogen (secondary N) is 2. The number of aliphatic imine (C=N–C) groups is 1. The lowest BCUT2D eigenvalue weighted by molar-refractivity contribution is -0.141. The third-order valence-corrected chi connectivity index (χ3v) is 3.83. The zero-order valence-corrected chi connectivity index (χ0v) is 15.0. The highest BCUT2D eigenvalue weighted by molar-refractivity contribution is 5.79. The molecule has 26 heavy (non-hydrogen) atoms. The van der Waals surface area contributed by atoms with Gasteiger partial charge in [0.1, 0.15) is 5.69 Å². The topological polar surface area (TPSA) is 74.7 Å². The molecule has 2 N–H and O–H groups in total. The van der Waals surface area contributed by atoms with Crippen molar-refractivity contribution in [2.75, 3.05) is 52.3 Å². The molecule has 1 aromatic heterocycles. The molecule has 0 amide bonds. The van der Waals surface area contributed by atoms with Crippen molar-refractivity contribution in [3.63, 3.8) is 0 Å². The predicted octanol–water partition coefficient (Wildman–Crippen LogP) is 1.84. The minimum Gasteiger partial charge on any atom is -0.379 e. The molecule has 1 heterocycles. The summed E-state index contributed by atoms with van der Waals surface area (Å²) < 4.78 is 43.4. The van der Waals surface area contributed by atoms with Crippen molar-refractivity contribution in [2.45, 2.75) is 19.0 Å². The van der Waals surface area contributed by atoms with Crippen LogP contribution in [0.2, 0.25) is 0 Å². The van der Waals surface area contributed by atoms with E-state index < -0.39 is 11.9 Å². The van der Waals surface area contributed by atoms with E-state index in [0.717, 1.165) is 24.8 Å². The molecule has 1 aliphatic rings. The van der Waals surface area contributed by atoms with Gasteiger partial charge in [0.05, 0.1) is 6.61 Å². The first-order valence-corrected chi connectivity index (χ1v) is 8.54. The zero-order chi connectivity index (χ0) is 19.0. The normalized spacial score (nSPS) is 15.0. The van der Waals surface area contributed by atoms with Gasteiger partial charge in [-0.25, -0.2) is 9.97 Å². The second kappa shape index (κ2) is 9.56. The van der Waals surface area contributed by atoms with E-state index >= 15 is 0 Å². The molecule has 7 nitrogen and oxygen atoms in total. The molecule has 146 valence electrons. The summed E-state index contributed by atoms with van der Waals surface area (Å²) in [7, 11) is 3.58. The number of rotatable bonds is 9. The number of halogens is 3. The van der Waals surface area contributed by atoms with Gasteiger partial charge in [-0.05, 0) is 24.8 Å². The van der Waals surface area contributed by atoms with Crippen molar-refractivity contribution < 1.29 is 17.9 Å². The molecule has 1 aromatic rings. The molecule has 0 radical (unpaired) electrons. The van der Waals surface area contributed by atoms with Crippen LogP contribution in [0.5, 0.6) is 0 Å². The Morgan fingerprint density at radius 1 is 1.38 bits per heavy atom. The summed E-state index contributed by atoms with van der Waals surface area (Å²) in [5.74, 6) is 1.37. The van der Waals surface area contributed by atoms with Crippen LogP contribution in [0.25, 0.3) is 0 Å². The van der Waals surface area contributed by atoms with E-state index in [9.17, 15) is 13.2 Å². The second-order valence-electron chi connectivity index (χ2n) is 6.10. The fourth-order valence-corrected chi connectivity index (χ4v) is 2.18. The van der Waals surface area contributed by atoms with Crippen LogP contribution in [0.15, 0.2) is 17.3 Å². The number of hydrogen-bond acceptors (Lipinski definition) is 5. The fourth-order valence-electron chi connectivity index (χ4n) is 2.18. The Kier molecular flexibility index (Phi) is 7.43. The summed E-state index contributed by atoms with van der Waals surface area (Å²) in [5.41, 5.74) is -0.968. The highest BCUT2D eigenvalue weighted by Crippen LogP contribution is 2.28. The van der Waals surface area contributed by atoms with Gasteiger partial charge in [-0.15, -0.1) is 0 Å². The summed E-state index contributed by atoms with van der Waals surface area (Å²) in [4.78, 5) is 13.4. The molecule has 2 rings (SSSR count). The van der Waals surface area contributed by atoms with E-state index in [1.165, 1.54) is 12.8 Å². The third-order valence-electron chi connectivity index (χ3n) is 3.83. The van der Waals surface area contributed by atoms with Gasteiger partial charge in [-0.3, -0.25) is 4.99 Å². The maximum Gasteiger partial charge on any atom is 0.433 e. The average Bonchev–Trinajstić information content (AvgIpc) is 3.42. The minimum absolute atomic E-state index is 0.0570. The molecule has 0 atom stereocenters. The molecule has 1 fully saturated rings. The first-order chi connectivity index (χ1) is 12.4. The minimum atomic E-state index is -4.48. The number of likely N-dealkylation sites (N-methyl/N-ethyl adjacent to an activating group) is 1. The maximum absolute atomic E-state index is 12.6. The molecule has 0 spiro atoms. The zero-order valence-electron chi connectivity index (χ0n) is 15.0. The Morgan fingerprint density at radius 2 is 2.15 bits per heavy atom. The number of guanidine groups is 1. The number of anilines is 1. The van der Waals surface area contributed by atoms with Crippen LogP contribution in [0.3, 0.4) is 0 Å². The number of nitrogens with zero attached hydrogens (tertiary/aromatic N) is 4. The van der Waals surface area contributed by atoms with E-state index in [1.807, 2.05) is 11.9 Å². The molecule has 1 aliphatic carbocycles. The van der Waals surface area contributed by atoms with Gasteiger partial charge >= 0.3 is 6.18 Å². The SMILES string of the molecule is CN=C(NCCNc1nccc(C(F)(F)F)n1)N(C)CCOCC1CC1. The van der Waals surface area contributed by atoms with Crippen molar-refractivity contribution in [3.8, 4) is 0 Å². The van der Waals surface area contributed by atoms with Crippen LogP contribution in [0.4, 0.5) is 19.1 Å². The first kappa shape index (κ1) is 20.2. The molecule has 1 saturated carbocycles. The van der Waals surface area contributed by atoms with Gasteiger partial charge < -0.3 is 20.3 Å². The first-order valence-electron chi connectivity index (χ1n) is 8.54. The number of aromatic nitrogens is 2. The number of alkyl halides is 3. The van der Waals surface area contributed by atoms with Crippen LogP contribution < -0.4 is 10.6 Å². The maximum atomic E-state index is 12.6. The van der Waals surface area contributed by atoms with Gasteiger partial charge in [0, 0.05) is 46.5 Å². The fraction of sp³-hybridized carbons (Fsp3) is 0.688. The van der Waals surface area contributed by atoms with E-state index in [1.54, 1.807) is 7.05 Å². The Balaban J connectivity index is 1.66. The molecule has 0 bridgehead atoms. The highest BCUT2D eigenvalue weighted by atomic mass is 19.4. The Hall–Kier alpha value is -2.10. The van der Waals surface area contributed by atoms with Gasteiger partial charge in [-0.2, -0.15) is 13.2 Å². The van der Waals surface area contributed by atoms with E-state index in [0.29, 0.717) is 32.2 Å². The Morgan fingerprint density at radius 3 is 2.81 bits per heavy atom. The molecule has 10 heteroatoms. The lowest BCUT2D eigenvalue weighted by Gasteiger charge is -2.22.